The fraction of sp³-hybridized carbons (Fsp3) is 0.300. The molecule has 0 saturated carbocycles. The average Bonchev–Trinajstić information content (AvgIpc) is 2.14. The second kappa shape index (κ2) is 4.49. The number of carboxylic acids is 1. The average molecular weight is 244 g/mol. The van der Waals surface area contributed by atoms with Crippen molar-refractivity contribution in [1.29, 1.82) is 0 Å². The molecule has 0 fully saturated rings. The summed E-state index contributed by atoms with van der Waals surface area (Å²) in [6.07, 6.45) is 0. The van der Waals surface area contributed by atoms with Crippen molar-refractivity contribution in [3.8, 4) is 0 Å². The fourth-order valence-corrected chi connectivity index (χ4v) is 1.76. The molecule has 0 aliphatic heterocycles. The number of nitro benzene ring substituents is 1. The lowest BCUT2D eigenvalue weighted by Crippen LogP contribution is -2.10. The number of halogens is 1. The van der Waals surface area contributed by atoms with Gasteiger partial charge in [-0.05, 0) is 26.0 Å². The first kappa shape index (κ1) is 12.4. The van der Waals surface area contributed by atoms with E-state index in [1.54, 1.807) is 0 Å². The van der Waals surface area contributed by atoms with Gasteiger partial charge in [0.1, 0.15) is 0 Å². The standard InChI is InChI=1S/C10H10ClNO4/c1-5-3-7(11)4-8(6(2)10(13)14)9(5)12(15)16/h3-4,6H,1-2H3,(H,13,14). The molecule has 0 saturated heterocycles. The Morgan fingerprint density at radius 3 is 2.56 bits per heavy atom. The lowest BCUT2D eigenvalue weighted by atomic mass is 9.97. The molecule has 1 atom stereocenters. The lowest BCUT2D eigenvalue weighted by molar-refractivity contribution is -0.386. The van der Waals surface area contributed by atoms with Gasteiger partial charge >= 0.3 is 5.97 Å². The number of carboxylic acid groups (broad SMARTS) is 1. The van der Waals surface area contributed by atoms with Gasteiger partial charge in [-0.25, -0.2) is 0 Å². The van der Waals surface area contributed by atoms with Crippen LogP contribution in [0.2, 0.25) is 5.02 Å². The molecule has 0 aliphatic carbocycles. The number of hydrogen-bond acceptors (Lipinski definition) is 3. The van der Waals surface area contributed by atoms with Gasteiger partial charge in [0.25, 0.3) is 5.69 Å². The van der Waals surface area contributed by atoms with Crippen molar-refractivity contribution < 1.29 is 14.8 Å². The second-order valence-corrected chi connectivity index (χ2v) is 3.91. The maximum atomic E-state index is 10.9. The van der Waals surface area contributed by atoms with Crippen molar-refractivity contribution in [2.75, 3.05) is 0 Å². The number of benzene rings is 1. The molecule has 1 unspecified atom stereocenters. The maximum absolute atomic E-state index is 10.9. The zero-order valence-electron chi connectivity index (χ0n) is 8.73. The van der Waals surface area contributed by atoms with Crippen LogP contribution in [0.25, 0.3) is 0 Å². The van der Waals surface area contributed by atoms with E-state index in [9.17, 15) is 14.9 Å². The van der Waals surface area contributed by atoms with Crippen LogP contribution in [0.15, 0.2) is 12.1 Å². The number of aliphatic carboxylic acids is 1. The zero-order valence-corrected chi connectivity index (χ0v) is 9.49. The largest absolute Gasteiger partial charge is 0.481 e. The van der Waals surface area contributed by atoms with E-state index in [-0.39, 0.29) is 11.3 Å². The van der Waals surface area contributed by atoms with Crippen LogP contribution in [0.4, 0.5) is 5.69 Å². The Balaban J connectivity index is 3.46. The Hall–Kier alpha value is -1.62. The topological polar surface area (TPSA) is 80.4 Å². The molecule has 1 aromatic carbocycles. The van der Waals surface area contributed by atoms with Crippen molar-refractivity contribution in [2.45, 2.75) is 19.8 Å². The highest BCUT2D eigenvalue weighted by molar-refractivity contribution is 6.30. The van der Waals surface area contributed by atoms with E-state index in [0.717, 1.165) is 0 Å². The van der Waals surface area contributed by atoms with Crippen LogP contribution < -0.4 is 0 Å². The van der Waals surface area contributed by atoms with E-state index < -0.39 is 16.8 Å². The predicted molar refractivity (Wildman–Crippen MR) is 58.9 cm³/mol. The maximum Gasteiger partial charge on any atom is 0.310 e. The molecule has 0 heterocycles. The Bertz CT molecular complexity index is 458. The van der Waals surface area contributed by atoms with Crippen LogP contribution in [0, 0.1) is 17.0 Å². The van der Waals surface area contributed by atoms with Gasteiger partial charge in [0, 0.05) is 16.1 Å². The number of nitrogens with zero attached hydrogens (tertiary/aromatic N) is 1. The van der Waals surface area contributed by atoms with Gasteiger partial charge < -0.3 is 5.11 Å². The zero-order chi connectivity index (χ0) is 12.5. The minimum atomic E-state index is -1.12. The van der Waals surface area contributed by atoms with Crippen LogP contribution in [0.1, 0.15) is 24.0 Å². The highest BCUT2D eigenvalue weighted by atomic mass is 35.5. The summed E-state index contributed by atoms with van der Waals surface area (Å²) in [4.78, 5) is 21.1. The van der Waals surface area contributed by atoms with Crippen molar-refractivity contribution in [3.05, 3.63) is 38.4 Å². The number of rotatable bonds is 3. The van der Waals surface area contributed by atoms with Gasteiger partial charge in [0.15, 0.2) is 0 Å². The second-order valence-electron chi connectivity index (χ2n) is 3.48. The molecule has 0 amide bonds. The molecule has 0 spiro atoms. The third-order valence-electron chi connectivity index (χ3n) is 2.31. The monoisotopic (exact) mass is 243 g/mol. The van der Waals surface area contributed by atoms with Crippen LogP contribution in [0.5, 0.6) is 0 Å². The SMILES string of the molecule is Cc1cc(Cl)cc(C(C)C(=O)O)c1[N+](=O)[O-]. The molecule has 0 radical (unpaired) electrons. The molecule has 16 heavy (non-hydrogen) atoms. The predicted octanol–water partition coefficient (Wildman–Crippen LogP) is 2.74. The van der Waals surface area contributed by atoms with Crippen molar-refractivity contribution in [1.82, 2.24) is 0 Å². The molecular weight excluding hydrogens is 234 g/mol. The van der Waals surface area contributed by atoms with E-state index in [1.807, 2.05) is 0 Å². The summed E-state index contributed by atoms with van der Waals surface area (Å²) >= 11 is 5.76. The molecule has 5 nitrogen and oxygen atoms in total. The van der Waals surface area contributed by atoms with E-state index >= 15 is 0 Å². The van der Waals surface area contributed by atoms with Crippen LogP contribution >= 0.6 is 11.6 Å². The first-order valence-electron chi connectivity index (χ1n) is 4.51. The van der Waals surface area contributed by atoms with Gasteiger partial charge in [-0.1, -0.05) is 11.6 Å². The minimum absolute atomic E-state index is 0.127. The number of hydrogen-bond donors (Lipinski definition) is 1. The van der Waals surface area contributed by atoms with Gasteiger partial charge in [-0.15, -0.1) is 0 Å². The number of aryl methyl sites for hydroxylation is 1. The Labute approximate surface area is 96.8 Å². The highest BCUT2D eigenvalue weighted by Gasteiger charge is 2.26. The molecule has 6 heteroatoms. The summed E-state index contributed by atoms with van der Waals surface area (Å²) in [6, 6.07) is 2.77. The summed E-state index contributed by atoms with van der Waals surface area (Å²) in [7, 11) is 0. The summed E-state index contributed by atoms with van der Waals surface area (Å²) in [6.45, 7) is 2.92. The molecule has 1 aromatic rings. The summed E-state index contributed by atoms with van der Waals surface area (Å²) in [5.74, 6) is -2.08. The molecule has 0 aromatic heterocycles. The summed E-state index contributed by atoms with van der Waals surface area (Å²) in [5, 5.41) is 20.0. The minimum Gasteiger partial charge on any atom is -0.481 e. The summed E-state index contributed by atoms with van der Waals surface area (Å²) in [5.41, 5.74) is 0.308. The normalized spacial score (nSPS) is 12.2. The Morgan fingerprint density at radius 1 is 1.56 bits per heavy atom. The molecule has 1 rings (SSSR count). The van der Waals surface area contributed by atoms with Gasteiger partial charge in [-0.3, -0.25) is 14.9 Å². The van der Waals surface area contributed by atoms with Crippen LogP contribution in [0.3, 0.4) is 0 Å². The molecular formula is C10H10ClNO4. The van der Waals surface area contributed by atoms with E-state index in [1.165, 1.54) is 26.0 Å². The number of nitro groups is 1. The number of carbonyl (C=O) groups is 1. The lowest BCUT2D eigenvalue weighted by Gasteiger charge is -2.09. The van der Waals surface area contributed by atoms with Crippen molar-refractivity contribution in [3.63, 3.8) is 0 Å². The van der Waals surface area contributed by atoms with E-state index in [0.29, 0.717) is 10.6 Å². The highest BCUT2D eigenvalue weighted by Crippen LogP contribution is 2.32. The third kappa shape index (κ3) is 2.30. The van der Waals surface area contributed by atoms with Crippen LogP contribution in [-0.4, -0.2) is 16.0 Å². The van der Waals surface area contributed by atoms with E-state index in [4.69, 9.17) is 16.7 Å². The van der Waals surface area contributed by atoms with E-state index in [2.05, 4.69) is 0 Å². The smallest absolute Gasteiger partial charge is 0.310 e. The first-order valence-corrected chi connectivity index (χ1v) is 4.89. The Kier molecular flexibility index (Phi) is 3.49. The summed E-state index contributed by atoms with van der Waals surface area (Å²) < 4.78 is 0. The molecule has 0 aliphatic rings. The Morgan fingerprint density at radius 2 is 2.12 bits per heavy atom. The van der Waals surface area contributed by atoms with Gasteiger partial charge in [-0.2, -0.15) is 0 Å². The third-order valence-corrected chi connectivity index (χ3v) is 2.53. The quantitative estimate of drug-likeness (QED) is 0.654. The van der Waals surface area contributed by atoms with Gasteiger partial charge in [0.2, 0.25) is 0 Å². The van der Waals surface area contributed by atoms with Crippen LogP contribution in [-0.2, 0) is 4.79 Å². The van der Waals surface area contributed by atoms with Gasteiger partial charge in [0.05, 0.1) is 10.8 Å². The molecule has 86 valence electrons. The van der Waals surface area contributed by atoms with Crippen molar-refractivity contribution in [2.24, 2.45) is 0 Å². The van der Waals surface area contributed by atoms with Crippen molar-refractivity contribution >= 4 is 23.3 Å². The fourth-order valence-electron chi connectivity index (χ4n) is 1.47. The first-order chi connectivity index (χ1) is 7.34. The molecule has 1 N–H and O–H groups in total. The molecule has 0 bridgehead atoms.